The first-order valence-electron chi connectivity index (χ1n) is 9.12. The lowest BCUT2D eigenvalue weighted by Crippen LogP contribution is -2.25. The van der Waals surface area contributed by atoms with Crippen LogP contribution in [0.3, 0.4) is 0 Å². The molecule has 0 spiro atoms. The smallest absolute Gasteiger partial charge is 0.0464 e. The summed E-state index contributed by atoms with van der Waals surface area (Å²) in [5, 5.41) is 0. The summed E-state index contributed by atoms with van der Waals surface area (Å²) in [6, 6.07) is 0. The lowest BCUT2D eigenvalue weighted by molar-refractivity contribution is 0.129. The average Bonchev–Trinajstić information content (AvgIpc) is 2.91. The van der Waals surface area contributed by atoms with Crippen molar-refractivity contribution >= 4 is 0 Å². The summed E-state index contributed by atoms with van der Waals surface area (Å²) in [6.45, 7) is 10.6. The normalized spacial score (nSPS) is 27.4. The molecule has 0 aromatic rings. The van der Waals surface area contributed by atoms with Gasteiger partial charge in [0.2, 0.25) is 0 Å². The molecule has 0 aromatic carbocycles. The number of methoxy groups -OCH3 is 1. The van der Waals surface area contributed by atoms with Crippen molar-refractivity contribution in [3.8, 4) is 0 Å². The Kier molecular flexibility index (Phi) is 8.84. The maximum atomic E-state index is 5.29. The van der Waals surface area contributed by atoms with E-state index in [1.54, 1.807) is 0 Å². The molecule has 1 nitrogen and oxygen atoms in total. The summed E-state index contributed by atoms with van der Waals surface area (Å²) in [5.41, 5.74) is 0. The highest BCUT2D eigenvalue weighted by molar-refractivity contribution is 4.86. The molecule has 1 saturated carbocycles. The van der Waals surface area contributed by atoms with Gasteiger partial charge in [-0.05, 0) is 55.3 Å². The summed E-state index contributed by atoms with van der Waals surface area (Å²) in [5.74, 6) is 4.68. The number of rotatable bonds is 10. The number of hydrogen-bond acceptors (Lipinski definition) is 1. The first-order chi connectivity index (χ1) is 9.63. The Labute approximate surface area is 127 Å². The van der Waals surface area contributed by atoms with Gasteiger partial charge in [0.25, 0.3) is 0 Å². The fraction of sp³-hybridized carbons (Fsp3) is 1.00. The Balaban J connectivity index is 2.55. The molecule has 0 amide bonds. The van der Waals surface area contributed by atoms with Gasteiger partial charge >= 0.3 is 0 Å². The van der Waals surface area contributed by atoms with Crippen LogP contribution in [0.5, 0.6) is 0 Å². The molecule has 0 heterocycles. The fourth-order valence-corrected chi connectivity index (χ4v) is 4.60. The molecule has 0 bridgehead atoms. The van der Waals surface area contributed by atoms with E-state index in [4.69, 9.17) is 4.74 Å². The molecule has 0 aliphatic heterocycles. The van der Waals surface area contributed by atoms with Crippen LogP contribution in [0.2, 0.25) is 0 Å². The molecule has 0 N–H and O–H groups in total. The molecular weight excluding hydrogens is 244 g/mol. The predicted octanol–water partition coefficient (Wildman–Crippen LogP) is 5.93. The summed E-state index contributed by atoms with van der Waals surface area (Å²) in [4.78, 5) is 0. The van der Waals surface area contributed by atoms with Crippen LogP contribution in [-0.2, 0) is 4.74 Å². The Morgan fingerprint density at radius 2 is 1.75 bits per heavy atom. The minimum atomic E-state index is 0.845. The van der Waals surface area contributed by atoms with Crippen LogP contribution in [0.4, 0.5) is 0 Å². The van der Waals surface area contributed by atoms with Gasteiger partial charge in [0.15, 0.2) is 0 Å². The first-order valence-corrected chi connectivity index (χ1v) is 9.12. The summed E-state index contributed by atoms with van der Waals surface area (Å²) in [7, 11) is 1.83. The Morgan fingerprint density at radius 1 is 1.05 bits per heavy atom. The van der Waals surface area contributed by atoms with Crippen LogP contribution in [0.15, 0.2) is 0 Å². The molecule has 20 heavy (non-hydrogen) atoms. The van der Waals surface area contributed by atoms with Crippen LogP contribution in [0.25, 0.3) is 0 Å². The first kappa shape index (κ1) is 18.0. The molecule has 1 aliphatic rings. The minimum absolute atomic E-state index is 0.845. The van der Waals surface area contributed by atoms with Crippen LogP contribution in [0.1, 0.15) is 79.1 Å². The highest BCUT2D eigenvalue weighted by Crippen LogP contribution is 2.45. The molecule has 120 valence electrons. The van der Waals surface area contributed by atoms with Crippen LogP contribution in [-0.4, -0.2) is 13.7 Å². The fourth-order valence-electron chi connectivity index (χ4n) is 4.60. The van der Waals surface area contributed by atoms with Crippen molar-refractivity contribution in [2.45, 2.75) is 79.1 Å². The predicted molar refractivity (Wildman–Crippen MR) is 89.0 cm³/mol. The minimum Gasteiger partial charge on any atom is -0.385 e. The van der Waals surface area contributed by atoms with E-state index >= 15 is 0 Å². The molecule has 0 saturated heterocycles. The second-order valence-electron chi connectivity index (χ2n) is 7.32. The third-order valence-corrected chi connectivity index (χ3v) is 5.75. The van der Waals surface area contributed by atoms with Crippen LogP contribution in [0, 0.1) is 29.6 Å². The number of ether oxygens (including phenoxy) is 1. The quantitative estimate of drug-likeness (QED) is 0.482. The lowest BCUT2D eigenvalue weighted by atomic mass is 9.72. The third kappa shape index (κ3) is 5.39. The zero-order chi connectivity index (χ0) is 15.0. The van der Waals surface area contributed by atoms with Gasteiger partial charge in [-0.2, -0.15) is 0 Å². The monoisotopic (exact) mass is 282 g/mol. The molecular formula is C19H38O. The molecule has 5 atom stereocenters. The molecule has 0 aromatic heterocycles. The van der Waals surface area contributed by atoms with Crippen molar-refractivity contribution in [2.75, 3.05) is 13.7 Å². The van der Waals surface area contributed by atoms with Crippen molar-refractivity contribution in [3.63, 3.8) is 0 Å². The summed E-state index contributed by atoms with van der Waals surface area (Å²) in [6.07, 6.45) is 11.3. The Morgan fingerprint density at radius 3 is 2.35 bits per heavy atom. The van der Waals surface area contributed by atoms with Crippen molar-refractivity contribution < 1.29 is 4.74 Å². The number of hydrogen-bond donors (Lipinski definition) is 0. The standard InChI is InChI=1S/C19H38O/c1-6-9-15(3)14-17(7-2)19-11-8-10-18(19)16(4)12-13-20-5/h15-19H,6-14H2,1-5H3. The van der Waals surface area contributed by atoms with Gasteiger partial charge in [0.1, 0.15) is 0 Å². The van der Waals surface area contributed by atoms with E-state index in [1.807, 2.05) is 7.11 Å². The lowest BCUT2D eigenvalue weighted by Gasteiger charge is -2.33. The SMILES string of the molecule is CCCC(C)CC(CC)C1CCCC1C(C)CCOC. The van der Waals surface area contributed by atoms with Gasteiger partial charge in [0, 0.05) is 13.7 Å². The van der Waals surface area contributed by atoms with E-state index in [0.717, 1.165) is 36.2 Å². The third-order valence-electron chi connectivity index (χ3n) is 5.75. The highest BCUT2D eigenvalue weighted by atomic mass is 16.5. The van der Waals surface area contributed by atoms with Crippen molar-refractivity contribution in [1.82, 2.24) is 0 Å². The molecule has 5 unspecified atom stereocenters. The highest BCUT2D eigenvalue weighted by Gasteiger charge is 2.35. The van der Waals surface area contributed by atoms with E-state index < -0.39 is 0 Å². The van der Waals surface area contributed by atoms with Crippen molar-refractivity contribution in [2.24, 2.45) is 29.6 Å². The largest absolute Gasteiger partial charge is 0.385 e. The van der Waals surface area contributed by atoms with Crippen molar-refractivity contribution in [3.05, 3.63) is 0 Å². The van der Waals surface area contributed by atoms with Gasteiger partial charge in [-0.25, -0.2) is 0 Å². The summed E-state index contributed by atoms with van der Waals surface area (Å²) >= 11 is 0. The Bertz CT molecular complexity index is 238. The van der Waals surface area contributed by atoms with E-state index in [0.29, 0.717) is 0 Å². The van der Waals surface area contributed by atoms with E-state index in [1.165, 1.54) is 51.4 Å². The van der Waals surface area contributed by atoms with Crippen LogP contribution >= 0.6 is 0 Å². The van der Waals surface area contributed by atoms with Crippen molar-refractivity contribution in [1.29, 1.82) is 0 Å². The maximum absolute atomic E-state index is 5.29. The summed E-state index contributed by atoms with van der Waals surface area (Å²) < 4.78 is 5.29. The Hall–Kier alpha value is -0.0400. The second-order valence-corrected chi connectivity index (χ2v) is 7.32. The van der Waals surface area contributed by atoms with Gasteiger partial charge in [-0.3, -0.25) is 0 Å². The van der Waals surface area contributed by atoms with Gasteiger partial charge in [-0.15, -0.1) is 0 Å². The maximum Gasteiger partial charge on any atom is 0.0464 e. The second kappa shape index (κ2) is 9.82. The molecule has 1 rings (SSSR count). The molecule has 1 fully saturated rings. The zero-order valence-electron chi connectivity index (χ0n) is 14.7. The van der Waals surface area contributed by atoms with Gasteiger partial charge < -0.3 is 4.74 Å². The average molecular weight is 283 g/mol. The van der Waals surface area contributed by atoms with Gasteiger partial charge in [0.05, 0.1) is 0 Å². The topological polar surface area (TPSA) is 9.23 Å². The van der Waals surface area contributed by atoms with Gasteiger partial charge in [-0.1, -0.05) is 53.4 Å². The molecule has 1 aliphatic carbocycles. The molecule has 1 heteroatoms. The van der Waals surface area contributed by atoms with E-state index in [9.17, 15) is 0 Å². The van der Waals surface area contributed by atoms with Crippen LogP contribution < -0.4 is 0 Å². The van der Waals surface area contributed by atoms with E-state index in [2.05, 4.69) is 27.7 Å². The molecule has 0 radical (unpaired) electrons. The van der Waals surface area contributed by atoms with E-state index in [-0.39, 0.29) is 0 Å². The zero-order valence-corrected chi connectivity index (χ0v) is 14.7.